The summed E-state index contributed by atoms with van der Waals surface area (Å²) in [7, 11) is 0. The van der Waals surface area contributed by atoms with Crippen LogP contribution in [0.5, 0.6) is 0 Å². The Labute approximate surface area is 108 Å². The quantitative estimate of drug-likeness (QED) is 0.583. The Bertz CT molecular complexity index is 525. The number of hydrogen-bond donors (Lipinski definition) is 0. The first-order chi connectivity index (χ1) is 8.24. The highest BCUT2D eigenvalue weighted by molar-refractivity contribution is 7.98. The molecule has 0 saturated heterocycles. The van der Waals surface area contributed by atoms with Crippen molar-refractivity contribution in [2.75, 3.05) is 0 Å². The largest absolute Gasteiger partial charge is 0.219 e. The van der Waals surface area contributed by atoms with Gasteiger partial charge in [-0.3, -0.25) is 0 Å². The summed E-state index contributed by atoms with van der Waals surface area (Å²) in [5.41, 5.74) is 0.862. The molecule has 86 valence electrons. The molecule has 0 fully saturated rings. The predicted molar refractivity (Wildman–Crippen MR) is 71.3 cm³/mol. The standard InChI is InChI=1S/C13H9ClFNS/c14-11-2-1-3-13(8-11)17-16-9-10-4-6-12(15)7-5-10/h1-9H. The maximum absolute atomic E-state index is 12.7. The van der Waals surface area contributed by atoms with Crippen molar-refractivity contribution in [3.8, 4) is 0 Å². The van der Waals surface area contributed by atoms with E-state index in [4.69, 9.17) is 11.6 Å². The van der Waals surface area contributed by atoms with E-state index < -0.39 is 0 Å². The summed E-state index contributed by atoms with van der Waals surface area (Å²) < 4.78 is 16.8. The number of benzene rings is 2. The zero-order chi connectivity index (χ0) is 12.1. The van der Waals surface area contributed by atoms with Gasteiger partial charge in [0.15, 0.2) is 0 Å². The van der Waals surface area contributed by atoms with Gasteiger partial charge in [0.25, 0.3) is 0 Å². The van der Waals surface area contributed by atoms with Crippen LogP contribution in [0.1, 0.15) is 5.56 Å². The molecule has 0 aliphatic rings. The lowest BCUT2D eigenvalue weighted by atomic mass is 10.2. The Kier molecular flexibility index (Phi) is 4.18. The number of halogens is 2. The van der Waals surface area contributed by atoms with Crippen LogP contribution in [0.2, 0.25) is 5.02 Å². The van der Waals surface area contributed by atoms with Crippen LogP contribution in [0, 0.1) is 5.82 Å². The zero-order valence-electron chi connectivity index (χ0n) is 8.81. The maximum atomic E-state index is 12.7. The summed E-state index contributed by atoms with van der Waals surface area (Å²) in [6, 6.07) is 13.6. The molecule has 0 saturated carbocycles. The van der Waals surface area contributed by atoms with Gasteiger partial charge in [-0.2, -0.15) is 0 Å². The third-order valence-electron chi connectivity index (χ3n) is 2.03. The van der Waals surface area contributed by atoms with E-state index in [0.29, 0.717) is 5.02 Å². The van der Waals surface area contributed by atoms with Gasteiger partial charge in [0, 0.05) is 28.1 Å². The van der Waals surface area contributed by atoms with Crippen molar-refractivity contribution in [2.45, 2.75) is 4.90 Å². The monoisotopic (exact) mass is 265 g/mol. The van der Waals surface area contributed by atoms with E-state index >= 15 is 0 Å². The Morgan fingerprint density at radius 1 is 1.12 bits per heavy atom. The average molecular weight is 266 g/mol. The van der Waals surface area contributed by atoms with Crippen LogP contribution in [0.3, 0.4) is 0 Å². The van der Waals surface area contributed by atoms with E-state index in [1.807, 2.05) is 24.3 Å². The molecule has 2 rings (SSSR count). The number of hydrogen-bond acceptors (Lipinski definition) is 2. The fraction of sp³-hybridized carbons (Fsp3) is 0. The van der Waals surface area contributed by atoms with E-state index in [2.05, 4.69) is 4.40 Å². The van der Waals surface area contributed by atoms with E-state index in [1.165, 1.54) is 24.1 Å². The van der Waals surface area contributed by atoms with Crippen molar-refractivity contribution < 1.29 is 4.39 Å². The zero-order valence-corrected chi connectivity index (χ0v) is 10.4. The molecule has 1 nitrogen and oxygen atoms in total. The van der Waals surface area contributed by atoms with E-state index in [-0.39, 0.29) is 5.82 Å². The van der Waals surface area contributed by atoms with Gasteiger partial charge in [-0.05, 0) is 35.9 Å². The third kappa shape index (κ3) is 3.88. The van der Waals surface area contributed by atoms with Crippen LogP contribution < -0.4 is 0 Å². The molecule has 0 amide bonds. The molecule has 0 radical (unpaired) electrons. The molecule has 0 aliphatic carbocycles. The highest BCUT2D eigenvalue weighted by atomic mass is 35.5. The molecule has 0 bridgehead atoms. The SMILES string of the molecule is Fc1ccc(C=NSc2cccc(Cl)c2)cc1. The van der Waals surface area contributed by atoms with Gasteiger partial charge in [-0.25, -0.2) is 8.79 Å². The van der Waals surface area contributed by atoms with Gasteiger partial charge < -0.3 is 0 Å². The normalized spacial score (nSPS) is 10.9. The Morgan fingerprint density at radius 3 is 2.59 bits per heavy atom. The minimum Gasteiger partial charge on any atom is -0.219 e. The van der Waals surface area contributed by atoms with E-state index in [9.17, 15) is 4.39 Å². The molecule has 0 aliphatic heterocycles. The van der Waals surface area contributed by atoms with Crippen LogP contribution >= 0.6 is 23.5 Å². The molecule has 2 aromatic carbocycles. The molecule has 0 aromatic heterocycles. The summed E-state index contributed by atoms with van der Waals surface area (Å²) in [4.78, 5) is 0.968. The minimum atomic E-state index is -0.246. The lowest BCUT2D eigenvalue weighted by Crippen LogP contribution is -1.80. The summed E-state index contributed by atoms with van der Waals surface area (Å²) in [6.45, 7) is 0. The fourth-order valence-electron chi connectivity index (χ4n) is 1.22. The molecule has 4 heteroatoms. The second-order valence-electron chi connectivity index (χ2n) is 3.33. The first-order valence-electron chi connectivity index (χ1n) is 4.95. The lowest BCUT2D eigenvalue weighted by Gasteiger charge is -1.96. The predicted octanol–water partition coefficient (Wildman–Crippen LogP) is 4.61. The second-order valence-corrected chi connectivity index (χ2v) is 4.64. The van der Waals surface area contributed by atoms with Gasteiger partial charge in [-0.15, -0.1) is 0 Å². The van der Waals surface area contributed by atoms with Crippen LogP contribution in [-0.4, -0.2) is 6.21 Å². The first kappa shape index (κ1) is 12.1. The smallest absolute Gasteiger partial charge is 0.123 e. The van der Waals surface area contributed by atoms with Crippen LogP contribution in [0.4, 0.5) is 4.39 Å². The summed E-state index contributed by atoms with van der Waals surface area (Å²) in [5.74, 6) is -0.246. The lowest BCUT2D eigenvalue weighted by molar-refractivity contribution is 0.628. The molecular weight excluding hydrogens is 257 g/mol. The van der Waals surface area contributed by atoms with Crippen molar-refractivity contribution in [3.05, 3.63) is 64.9 Å². The van der Waals surface area contributed by atoms with E-state index in [0.717, 1.165) is 10.5 Å². The van der Waals surface area contributed by atoms with Crippen LogP contribution in [-0.2, 0) is 0 Å². The molecule has 0 N–H and O–H groups in total. The van der Waals surface area contributed by atoms with E-state index in [1.54, 1.807) is 18.3 Å². The highest BCUT2D eigenvalue weighted by Crippen LogP contribution is 2.22. The van der Waals surface area contributed by atoms with Crippen LogP contribution in [0.15, 0.2) is 57.8 Å². The van der Waals surface area contributed by atoms with Crippen LogP contribution in [0.25, 0.3) is 0 Å². The van der Waals surface area contributed by atoms with Gasteiger partial charge in [0.2, 0.25) is 0 Å². The number of nitrogens with zero attached hydrogens (tertiary/aromatic N) is 1. The summed E-state index contributed by atoms with van der Waals surface area (Å²) >= 11 is 7.18. The molecule has 17 heavy (non-hydrogen) atoms. The Hall–Kier alpha value is -1.32. The highest BCUT2D eigenvalue weighted by Gasteiger charge is 1.93. The maximum Gasteiger partial charge on any atom is 0.123 e. The van der Waals surface area contributed by atoms with Crippen molar-refractivity contribution in [3.63, 3.8) is 0 Å². The molecule has 0 spiro atoms. The van der Waals surface area contributed by atoms with Gasteiger partial charge in [0.1, 0.15) is 5.82 Å². The topological polar surface area (TPSA) is 12.4 Å². The average Bonchev–Trinajstić information content (AvgIpc) is 2.32. The molecule has 0 atom stereocenters. The van der Waals surface area contributed by atoms with Crippen molar-refractivity contribution in [2.24, 2.45) is 4.40 Å². The second kappa shape index (κ2) is 5.84. The number of rotatable bonds is 3. The molecule has 2 aromatic rings. The summed E-state index contributed by atoms with van der Waals surface area (Å²) in [5, 5.41) is 0.687. The molecule has 0 unspecified atom stereocenters. The minimum absolute atomic E-state index is 0.246. The Balaban J connectivity index is 2.00. The third-order valence-corrected chi connectivity index (χ3v) is 2.94. The molecular formula is C13H9ClFNS. The molecule has 0 heterocycles. The van der Waals surface area contributed by atoms with Gasteiger partial charge in [-0.1, -0.05) is 29.8 Å². The van der Waals surface area contributed by atoms with Crippen molar-refractivity contribution in [1.82, 2.24) is 0 Å². The van der Waals surface area contributed by atoms with Gasteiger partial charge >= 0.3 is 0 Å². The van der Waals surface area contributed by atoms with Crippen molar-refractivity contribution >= 4 is 29.8 Å². The fourth-order valence-corrected chi connectivity index (χ4v) is 2.09. The summed E-state index contributed by atoms with van der Waals surface area (Å²) in [6.07, 6.45) is 1.69. The van der Waals surface area contributed by atoms with Crippen molar-refractivity contribution in [1.29, 1.82) is 0 Å². The Morgan fingerprint density at radius 2 is 1.88 bits per heavy atom. The van der Waals surface area contributed by atoms with Gasteiger partial charge in [0.05, 0.1) is 0 Å². The first-order valence-corrected chi connectivity index (χ1v) is 6.11.